The first-order valence-corrected chi connectivity index (χ1v) is 5.09. The number of halogens is 1. The molecular weight excluding hydrogens is 178 g/mol. The molecule has 1 unspecified atom stereocenters. The Morgan fingerprint density at radius 2 is 2.00 bits per heavy atom. The summed E-state index contributed by atoms with van der Waals surface area (Å²) in [6.07, 6.45) is 2.08. The molecule has 0 bridgehead atoms. The Labute approximate surface area is 86.1 Å². The topological polar surface area (TPSA) is 54.4 Å². The molecule has 3 nitrogen and oxygen atoms in total. The number of unbranched alkanes of at least 4 members (excludes halogenated alkanes) is 2. The van der Waals surface area contributed by atoms with Crippen LogP contribution in [-0.2, 0) is 10.1 Å². The molecule has 0 aliphatic rings. The molecule has 0 saturated heterocycles. The summed E-state index contributed by atoms with van der Waals surface area (Å²) in [4.78, 5) is 0. The van der Waals surface area contributed by atoms with Crippen LogP contribution in [-0.4, -0.2) is 18.5 Å². The number of rotatable bonds is 5. The maximum absolute atomic E-state index is 12.4. The second kappa shape index (κ2) is 6.90. The Kier molecular flexibility index (Phi) is 8.59. The Bertz CT molecular complexity index is 198. The Balaban J connectivity index is -0.000000500. The average Bonchev–Trinajstić information content (AvgIpc) is 1.86. The fourth-order valence-corrected chi connectivity index (χ4v) is 1.17. The van der Waals surface area contributed by atoms with Gasteiger partial charge in [0.15, 0.2) is 0 Å². The molecule has 1 atom stereocenters. The van der Waals surface area contributed by atoms with Crippen LogP contribution >= 0.6 is 0 Å². The van der Waals surface area contributed by atoms with E-state index >= 15 is 0 Å². The van der Waals surface area contributed by atoms with Crippen molar-refractivity contribution < 1.29 is 37.6 Å². The van der Waals surface area contributed by atoms with Gasteiger partial charge in [0.2, 0.25) is 5.50 Å². The van der Waals surface area contributed by atoms with E-state index < -0.39 is 15.6 Å². The molecule has 70 valence electrons. The van der Waals surface area contributed by atoms with Gasteiger partial charge in [-0.3, -0.25) is 4.55 Å². The van der Waals surface area contributed by atoms with Crippen LogP contribution in [0.3, 0.4) is 0 Å². The molecule has 0 saturated carbocycles. The number of hydrogen-bond donors (Lipinski definition) is 1. The molecule has 0 aromatic rings. The van der Waals surface area contributed by atoms with Crippen molar-refractivity contribution in [2.75, 3.05) is 0 Å². The van der Waals surface area contributed by atoms with Crippen molar-refractivity contribution in [1.29, 1.82) is 0 Å². The molecule has 0 aliphatic heterocycles. The van der Waals surface area contributed by atoms with Crippen LogP contribution in [0.1, 0.15) is 34.0 Å². The molecule has 0 aromatic heterocycles. The molecule has 0 spiro atoms. The van der Waals surface area contributed by atoms with Gasteiger partial charge in [-0.2, -0.15) is 8.42 Å². The summed E-state index contributed by atoms with van der Waals surface area (Å²) >= 11 is 0. The Hall–Kier alpha value is 0.437. The minimum absolute atomic E-state index is 0. The van der Waals surface area contributed by atoms with Crippen LogP contribution in [0.4, 0.5) is 4.39 Å². The molecule has 0 heterocycles. The van der Waals surface area contributed by atoms with Crippen LogP contribution in [0, 0.1) is 0 Å². The Morgan fingerprint density at radius 3 is 2.33 bits per heavy atom. The van der Waals surface area contributed by atoms with Gasteiger partial charge in [0.05, 0.1) is 0 Å². The van der Waals surface area contributed by atoms with Gasteiger partial charge in [-0.05, 0) is 12.8 Å². The van der Waals surface area contributed by atoms with Crippen LogP contribution in [0.15, 0.2) is 0 Å². The van der Waals surface area contributed by atoms with Crippen molar-refractivity contribution >= 4 is 10.1 Å². The molecule has 0 fully saturated rings. The SMILES string of the molecule is CCCCCC(F)S(=O)(=O)O.[H-].[Li+]. The van der Waals surface area contributed by atoms with Gasteiger partial charge in [0, 0.05) is 0 Å². The first-order chi connectivity index (χ1) is 4.98. The summed E-state index contributed by atoms with van der Waals surface area (Å²) in [5, 5.41) is 0. The minimum atomic E-state index is -4.45. The molecule has 6 heteroatoms. The molecular formula is C6H14FLiO3S. The second-order valence-corrected chi connectivity index (χ2v) is 3.96. The molecule has 0 aromatic carbocycles. The van der Waals surface area contributed by atoms with Crippen LogP contribution in [0.5, 0.6) is 0 Å². The van der Waals surface area contributed by atoms with Gasteiger partial charge in [-0.1, -0.05) is 19.8 Å². The van der Waals surface area contributed by atoms with E-state index in [-0.39, 0.29) is 26.7 Å². The maximum Gasteiger partial charge on any atom is 1.00 e. The van der Waals surface area contributed by atoms with E-state index in [1.165, 1.54) is 0 Å². The zero-order chi connectivity index (χ0) is 8.91. The summed E-state index contributed by atoms with van der Waals surface area (Å²) in [6.45, 7) is 1.93. The first-order valence-electron chi connectivity index (χ1n) is 3.59. The summed E-state index contributed by atoms with van der Waals surface area (Å²) in [5.41, 5.74) is -2.10. The zero-order valence-corrected chi connectivity index (χ0v) is 8.27. The van der Waals surface area contributed by atoms with Crippen molar-refractivity contribution in [1.82, 2.24) is 0 Å². The van der Waals surface area contributed by atoms with E-state index in [0.29, 0.717) is 6.42 Å². The van der Waals surface area contributed by atoms with Crippen molar-refractivity contribution in [2.45, 2.75) is 38.1 Å². The maximum atomic E-state index is 12.4. The summed E-state index contributed by atoms with van der Waals surface area (Å²) in [5.74, 6) is 0. The molecule has 0 aliphatic carbocycles. The van der Waals surface area contributed by atoms with Crippen molar-refractivity contribution in [2.24, 2.45) is 0 Å². The van der Waals surface area contributed by atoms with Gasteiger partial charge < -0.3 is 1.43 Å². The zero-order valence-electron chi connectivity index (χ0n) is 8.46. The largest absolute Gasteiger partial charge is 1.00 e. The minimum Gasteiger partial charge on any atom is -1.00 e. The average molecular weight is 192 g/mol. The smallest absolute Gasteiger partial charge is 1.00 e. The van der Waals surface area contributed by atoms with Crippen LogP contribution < -0.4 is 18.9 Å². The van der Waals surface area contributed by atoms with E-state index in [1.54, 1.807) is 0 Å². The molecule has 0 radical (unpaired) electrons. The van der Waals surface area contributed by atoms with Crippen molar-refractivity contribution in [3.8, 4) is 0 Å². The second-order valence-electron chi connectivity index (χ2n) is 2.42. The molecule has 12 heavy (non-hydrogen) atoms. The monoisotopic (exact) mass is 192 g/mol. The van der Waals surface area contributed by atoms with Crippen LogP contribution in [0.2, 0.25) is 0 Å². The van der Waals surface area contributed by atoms with Crippen molar-refractivity contribution in [3.63, 3.8) is 0 Å². The third-order valence-electron chi connectivity index (χ3n) is 1.36. The number of hydrogen-bond acceptors (Lipinski definition) is 2. The summed E-state index contributed by atoms with van der Waals surface area (Å²) in [6, 6.07) is 0. The van der Waals surface area contributed by atoms with Crippen LogP contribution in [0.25, 0.3) is 0 Å². The predicted molar refractivity (Wildman–Crippen MR) is 41.7 cm³/mol. The van der Waals surface area contributed by atoms with E-state index in [0.717, 1.165) is 12.8 Å². The quantitative estimate of drug-likeness (QED) is 0.340. The summed E-state index contributed by atoms with van der Waals surface area (Å²) < 4.78 is 40.8. The number of alkyl halides is 1. The van der Waals surface area contributed by atoms with E-state index in [9.17, 15) is 12.8 Å². The normalized spacial score (nSPS) is 13.6. The third-order valence-corrected chi connectivity index (χ3v) is 2.24. The van der Waals surface area contributed by atoms with Gasteiger partial charge in [-0.25, -0.2) is 4.39 Å². The van der Waals surface area contributed by atoms with Gasteiger partial charge in [-0.15, -0.1) is 0 Å². The molecule has 1 N–H and O–H groups in total. The third kappa shape index (κ3) is 7.11. The predicted octanol–water partition coefficient (Wildman–Crippen LogP) is -1.13. The fourth-order valence-electron chi connectivity index (χ4n) is 0.704. The Morgan fingerprint density at radius 1 is 1.50 bits per heavy atom. The first kappa shape index (κ1) is 14.9. The fraction of sp³-hybridized carbons (Fsp3) is 1.00. The van der Waals surface area contributed by atoms with Crippen molar-refractivity contribution in [3.05, 3.63) is 0 Å². The van der Waals surface area contributed by atoms with Gasteiger partial charge in [0.25, 0.3) is 10.1 Å². The van der Waals surface area contributed by atoms with Gasteiger partial charge in [0.1, 0.15) is 0 Å². The molecule has 0 amide bonds. The van der Waals surface area contributed by atoms with E-state index in [2.05, 4.69) is 0 Å². The van der Waals surface area contributed by atoms with Gasteiger partial charge >= 0.3 is 18.9 Å². The molecule has 0 rings (SSSR count). The standard InChI is InChI=1S/C6H13FO3S.Li.H/c1-2-3-4-5-6(7)11(8,9)10;;/h6H,2-5H2,1H3,(H,8,9,10);;/q;+1;-1. The summed E-state index contributed by atoms with van der Waals surface area (Å²) in [7, 11) is -4.45. The van der Waals surface area contributed by atoms with E-state index in [4.69, 9.17) is 4.55 Å². The van der Waals surface area contributed by atoms with E-state index in [1.807, 2.05) is 6.92 Å².